The predicted molar refractivity (Wildman–Crippen MR) is 66.0 cm³/mol. The summed E-state index contributed by atoms with van der Waals surface area (Å²) in [5.74, 6) is -0.543. The highest BCUT2D eigenvalue weighted by Crippen LogP contribution is 2.32. The lowest BCUT2D eigenvalue weighted by Crippen LogP contribution is -2.13. The van der Waals surface area contributed by atoms with E-state index in [9.17, 15) is 17.6 Å². The van der Waals surface area contributed by atoms with Crippen LogP contribution in [0.1, 0.15) is 36.4 Å². The monoisotopic (exact) mass is 281 g/mol. The normalized spacial score (nSPS) is 13.7. The summed E-state index contributed by atoms with van der Waals surface area (Å²) in [4.78, 5) is 0. The van der Waals surface area contributed by atoms with E-state index in [0.29, 0.717) is 12.0 Å². The minimum absolute atomic E-state index is 0.389. The van der Waals surface area contributed by atoms with Gasteiger partial charge in [0.15, 0.2) is 0 Å². The van der Waals surface area contributed by atoms with Gasteiger partial charge in [-0.1, -0.05) is 12.5 Å². The fourth-order valence-electron chi connectivity index (χ4n) is 1.63. The summed E-state index contributed by atoms with van der Waals surface area (Å²) in [6.45, 7) is 0. The maximum absolute atomic E-state index is 13.3. The standard InChI is InChI=1S/C12H15F4NS/c13-10-7-8(11(17)3-1-2-6-18)4-5-9(10)12(14,15)16/h4-5,7,11,18H,1-3,6,17H2. The first-order valence-corrected chi connectivity index (χ1v) is 6.22. The molecule has 0 bridgehead atoms. The molecule has 6 heteroatoms. The third kappa shape index (κ3) is 4.17. The molecule has 0 saturated carbocycles. The molecular formula is C12H15F4NS. The van der Waals surface area contributed by atoms with Crippen molar-refractivity contribution in [2.45, 2.75) is 31.5 Å². The van der Waals surface area contributed by atoms with Gasteiger partial charge < -0.3 is 5.73 Å². The molecule has 2 N–H and O–H groups in total. The predicted octanol–water partition coefficient (Wildman–Crippen LogP) is 3.94. The fourth-order valence-corrected chi connectivity index (χ4v) is 1.86. The summed E-state index contributed by atoms with van der Waals surface area (Å²) in [5, 5.41) is 0. The molecule has 1 atom stereocenters. The molecule has 0 aliphatic rings. The van der Waals surface area contributed by atoms with E-state index in [2.05, 4.69) is 12.6 Å². The minimum atomic E-state index is -4.67. The lowest BCUT2D eigenvalue weighted by molar-refractivity contribution is -0.140. The van der Waals surface area contributed by atoms with Crippen LogP contribution in [0.3, 0.4) is 0 Å². The molecule has 1 rings (SSSR count). The van der Waals surface area contributed by atoms with Crippen LogP contribution in [0.5, 0.6) is 0 Å². The summed E-state index contributed by atoms with van der Waals surface area (Å²) in [6.07, 6.45) is -2.38. The molecule has 0 spiro atoms. The second-order valence-electron chi connectivity index (χ2n) is 4.06. The Labute approximate surface area is 109 Å². The third-order valence-electron chi connectivity index (χ3n) is 2.65. The number of nitrogens with two attached hydrogens (primary N) is 1. The number of thiol groups is 1. The highest BCUT2D eigenvalue weighted by atomic mass is 32.1. The van der Waals surface area contributed by atoms with E-state index in [-0.39, 0.29) is 0 Å². The van der Waals surface area contributed by atoms with Gasteiger partial charge in [0.05, 0.1) is 5.56 Å². The van der Waals surface area contributed by atoms with Crippen molar-refractivity contribution < 1.29 is 17.6 Å². The fraction of sp³-hybridized carbons (Fsp3) is 0.500. The molecule has 0 fully saturated rings. The van der Waals surface area contributed by atoms with Gasteiger partial charge in [-0.3, -0.25) is 0 Å². The summed E-state index contributed by atoms with van der Waals surface area (Å²) in [5.41, 5.74) is 4.92. The van der Waals surface area contributed by atoms with E-state index in [1.807, 2.05) is 0 Å². The van der Waals surface area contributed by atoms with Crippen molar-refractivity contribution in [3.05, 3.63) is 35.1 Å². The highest BCUT2D eigenvalue weighted by Gasteiger charge is 2.34. The Morgan fingerprint density at radius 3 is 2.39 bits per heavy atom. The first kappa shape index (κ1) is 15.3. The Morgan fingerprint density at radius 2 is 1.89 bits per heavy atom. The Balaban J connectivity index is 2.78. The van der Waals surface area contributed by atoms with Crippen LogP contribution in [0.25, 0.3) is 0 Å². The number of hydrogen-bond acceptors (Lipinski definition) is 2. The molecule has 0 aromatic heterocycles. The van der Waals surface area contributed by atoms with Crippen molar-refractivity contribution in [1.29, 1.82) is 0 Å². The van der Waals surface area contributed by atoms with Gasteiger partial charge in [0, 0.05) is 6.04 Å². The molecule has 0 aliphatic heterocycles. The molecular weight excluding hydrogens is 266 g/mol. The number of rotatable bonds is 5. The highest BCUT2D eigenvalue weighted by molar-refractivity contribution is 7.80. The second kappa shape index (κ2) is 6.43. The van der Waals surface area contributed by atoms with E-state index >= 15 is 0 Å². The zero-order chi connectivity index (χ0) is 13.8. The topological polar surface area (TPSA) is 26.0 Å². The van der Waals surface area contributed by atoms with Crippen LogP contribution in [0.4, 0.5) is 17.6 Å². The van der Waals surface area contributed by atoms with Crippen LogP contribution >= 0.6 is 12.6 Å². The van der Waals surface area contributed by atoms with Gasteiger partial charge >= 0.3 is 6.18 Å². The zero-order valence-corrected chi connectivity index (χ0v) is 10.6. The van der Waals surface area contributed by atoms with E-state index < -0.39 is 23.6 Å². The van der Waals surface area contributed by atoms with E-state index in [4.69, 9.17) is 5.73 Å². The summed E-state index contributed by atoms with van der Waals surface area (Å²) in [7, 11) is 0. The number of alkyl halides is 3. The number of halogens is 4. The quantitative estimate of drug-likeness (QED) is 0.477. The minimum Gasteiger partial charge on any atom is -0.324 e. The van der Waals surface area contributed by atoms with Crippen molar-refractivity contribution in [2.75, 3.05) is 5.75 Å². The molecule has 1 aromatic rings. The average molecular weight is 281 g/mol. The van der Waals surface area contributed by atoms with Gasteiger partial charge in [-0.05, 0) is 36.3 Å². The van der Waals surface area contributed by atoms with Crippen molar-refractivity contribution in [2.24, 2.45) is 5.73 Å². The largest absolute Gasteiger partial charge is 0.419 e. The molecule has 102 valence electrons. The second-order valence-corrected chi connectivity index (χ2v) is 4.51. The maximum Gasteiger partial charge on any atom is 0.419 e. The lowest BCUT2D eigenvalue weighted by atomic mass is 10.0. The molecule has 1 aromatic carbocycles. The molecule has 0 saturated heterocycles. The summed E-state index contributed by atoms with van der Waals surface area (Å²) in [6, 6.07) is 2.40. The van der Waals surface area contributed by atoms with Crippen molar-refractivity contribution in [3.8, 4) is 0 Å². The molecule has 0 amide bonds. The molecule has 0 aliphatic carbocycles. The van der Waals surface area contributed by atoms with E-state index in [1.54, 1.807) is 0 Å². The Morgan fingerprint density at radius 1 is 1.22 bits per heavy atom. The van der Waals surface area contributed by atoms with Crippen LogP contribution in [-0.4, -0.2) is 5.75 Å². The molecule has 0 heterocycles. The van der Waals surface area contributed by atoms with E-state index in [0.717, 1.165) is 30.7 Å². The van der Waals surface area contributed by atoms with Gasteiger partial charge in [0.1, 0.15) is 5.82 Å². The Kier molecular flexibility index (Phi) is 5.47. The number of hydrogen-bond donors (Lipinski definition) is 2. The number of benzene rings is 1. The van der Waals surface area contributed by atoms with Crippen LogP contribution in [0.2, 0.25) is 0 Å². The molecule has 1 nitrogen and oxygen atoms in total. The Hall–Kier alpha value is -0.750. The van der Waals surface area contributed by atoms with Crippen LogP contribution < -0.4 is 5.73 Å². The zero-order valence-electron chi connectivity index (χ0n) is 9.67. The maximum atomic E-state index is 13.3. The van der Waals surface area contributed by atoms with Gasteiger partial charge in [-0.25, -0.2) is 4.39 Å². The smallest absolute Gasteiger partial charge is 0.324 e. The van der Waals surface area contributed by atoms with Crippen LogP contribution in [-0.2, 0) is 6.18 Å². The van der Waals surface area contributed by atoms with Gasteiger partial charge in [0.2, 0.25) is 0 Å². The summed E-state index contributed by atoms with van der Waals surface area (Å²) >= 11 is 4.05. The number of unbranched alkanes of at least 4 members (excludes halogenated alkanes) is 1. The van der Waals surface area contributed by atoms with Crippen molar-refractivity contribution in [3.63, 3.8) is 0 Å². The Bertz CT molecular complexity index is 392. The van der Waals surface area contributed by atoms with Crippen LogP contribution in [0, 0.1) is 5.82 Å². The molecule has 0 radical (unpaired) electrons. The SMILES string of the molecule is NC(CCCCS)c1ccc(C(F)(F)F)c(F)c1. The average Bonchev–Trinajstić information content (AvgIpc) is 2.27. The van der Waals surface area contributed by atoms with Gasteiger partial charge in [0.25, 0.3) is 0 Å². The molecule has 1 unspecified atom stereocenters. The van der Waals surface area contributed by atoms with Gasteiger partial charge in [-0.2, -0.15) is 25.8 Å². The first-order valence-electron chi connectivity index (χ1n) is 5.59. The van der Waals surface area contributed by atoms with E-state index in [1.165, 1.54) is 6.07 Å². The van der Waals surface area contributed by atoms with Crippen LogP contribution in [0.15, 0.2) is 18.2 Å². The third-order valence-corrected chi connectivity index (χ3v) is 2.97. The molecule has 18 heavy (non-hydrogen) atoms. The summed E-state index contributed by atoms with van der Waals surface area (Å²) < 4.78 is 50.4. The van der Waals surface area contributed by atoms with Crippen molar-refractivity contribution in [1.82, 2.24) is 0 Å². The lowest BCUT2D eigenvalue weighted by Gasteiger charge is -2.14. The first-order chi connectivity index (χ1) is 8.36. The van der Waals surface area contributed by atoms with Crippen molar-refractivity contribution >= 4 is 12.6 Å². The van der Waals surface area contributed by atoms with Gasteiger partial charge in [-0.15, -0.1) is 0 Å².